The number of nitrogens with two attached hydrogens (primary N) is 1. The van der Waals surface area contributed by atoms with Crippen LogP contribution in [0.3, 0.4) is 0 Å². The first kappa shape index (κ1) is 17.9. The normalized spacial score (nSPS) is 11.2. The van der Waals surface area contributed by atoms with Gasteiger partial charge in [0.2, 0.25) is 0 Å². The predicted octanol–water partition coefficient (Wildman–Crippen LogP) is 4.64. The third-order valence-corrected chi connectivity index (χ3v) is 5.45. The summed E-state index contributed by atoms with van der Waals surface area (Å²) < 4.78 is 0. The summed E-state index contributed by atoms with van der Waals surface area (Å²) in [4.78, 5) is 18.1. The molecule has 0 saturated heterocycles. The van der Waals surface area contributed by atoms with E-state index in [0.29, 0.717) is 21.9 Å². The maximum absolute atomic E-state index is 6.57. The van der Waals surface area contributed by atoms with E-state index in [1.165, 1.54) is 0 Å². The van der Waals surface area contributed by atoms with Crippen LogP contribution in [0.1, 0.15) is 0 Å². The minimum Gasteiger partial charge on any atom is -0.382 e. The van der Waals surface area contributed by atoms with Crippen LogP contribution < -0.4 is 11.0 Å². The van der Waals surface area contributed by atoms with Crippen LogP contribution in [-0.4, -0.2) is 19.9 Å². The second kappa shape index (κ2) is 7.03. The van der Waals surface area contributed by atoms with Gasteiger partial charge in [0.25, 0.3) is 0 Å². The number of hydrogen-bond acceptors (Lipinski definition) is 5. The maximum Gasteiger partial charge on any atom is 0.152 e. The summed E-state index contributed by atoms with van der Waals surface area (Å²) in [6, 6.07) is 15.9. The van der Waals surface area contributed by atoms with Gasteiger partial charge in [-0.3, -0.25) is 9.97 Å². The second-order valence-corrected chi connectivity index (χ2v) is 7.70. The Morgan fingerprint density at radius 3 is 2.31 bits per heavy atom. The molecule has 0 aliphatic carbocycles. The van der Waals surface area contributed by atoms with Gasteiger partial charge in [-0.05, 0) is 29.1 Å². The molecule has 5 nitrogen and oxygen atoms in total. The Morgan fingerprint density at radius 1 is 0.793 bits per heavy atom. The van der Waals surface area contributed by atoms with Crippen molar-refractivity contribution >= 4 is 53.9 Å². The lowest BCUT2D eigenvalue weighted by Gasteiger charge is -2.14. The van der Waals surface area contributed by atoms with Gasteiger partial charge in [0.1, 0.15) is 11.0 Å². The number of aromatic nitrogens is 4. The van der Waals surface area contributed by atoms with E-state index < -0.39 is 0 Å². The number of anilines is 1. The molecule has 0 amide bonds. The quantitative estimate of drug-likeness (QED) is 0.425. The first-order valence-corrected chi connectivity index (χ1v) is 9.88. The summed E-state index contributed by atoms with van der Waals surface area (Å²) >= 11 is 6.57. The topological polar surface area (TPSA) is 77.6 Å². The van der Waals surface area contributed by atoms with E-state index >= 15 is 0 Å². The summed E-state index contributed by atoms with van der Waals surface area (Å²) in [5.41, 5.74) is 11.6. The molecule has 0 bridgehead atoms. The minimum absolute atomic E-state index is 0.343. The summed E-state index contributed by atoms with van der Waals surface area (Å²) in [6.45, 7) is 0. The Balaban J connectivity index is 1.90. The van der Waals surface area contributed by atoms with E-state index in [1.54, 1.807) is 18.6 Å². The Bertz CT molecular complexity index is 1390. The molecule has 1 unspecified atom stereocenters. The average Bonchev–Trinajstić information content (AvgIpc) is 2.74. The molecule has 140 valence electrons. The molecule has 0 radical (unpaired) electrons. The van der Waals surface area contributed by atoms with E-state index in [-0.39, 0.29) is 0 Å². The second-order valence-electron chi connectivity index (χ2n) is 6.63. The summed E-state index contributed by atoms with van der Waals surface area (Å²) in [5.74, 6) is 0.343. The van der Waals surface area contributed by atoms with Crippen molar-refractivity contribution < 1.29 is 0 Å². The molecule has 0 aliphatic rings. The monoisotopic (exact) mass is 415 g/mol. The van der Waals surface area contributed by atoms with Gasteiger partial charge in [-0.25, -0.2) is 9.97 Å². The molecule has 0 fully saturated rings. The highest BCUT2D eigenvalue weighted by atomic mass is 35.5. The Kier molecular flexibility index (Phi) is 4.35. The van der Waals surface area contributed by atoms with Gasteiger partial charge in [0, 0.05) is 35.1 Å². The fraction of sp³-hybridized carbons (Fsp3) is 0. The maximum atomic E-state index is 6.57. The predicted molar refractivity (Wildman–Crippen MR) is 122 cm³/mol. The van der Waals surface area contributed by atoms with Crippen LogP contribution in [0.5, 0.6) is 0 Å². The molecule has 5 rings (SSSR count). The molecular formula is C22H15ClN5P. The van der Waals surface area contributed by atoms with Gasteiger partial charge in [-0.1, -0.05) is 41.9 Å². The molecule has 0 aliphatic heterocycles. The molecule has 3 aromatic heterocycles. The van der Waals surface area contributed by atoms with Crippen molar-refractivity contribution in [3.05, 3.63) is 72.1 Å². The van der Waals surface area contributed by atoms with Crippen LogP contribution in [0.25, 0.3) is 44.3 Å². The van der Waals surface area contributed by atoms with E-state index in [1.807, 2.05) is 48.5 Å². The van der Waals surface area contributed by atoms with Gasteiger partial charge in [-0.2, -0.15) is 0 Å². The minimum atomic E-state index is 0.343. The van der Waals surface area contributed by atoms with Crippen molar-refractivity contribution in [3.63, 3.8) is 0 Å². The standard InChI is InChI=1S/C22H15ClN5P/c23-16-11-14(10-13-2-1-7-25-18(13)16)17-19(12-3-5-15(29)6-4-12)28-22(24)21-20(17)26-8-9-27-21/h1-11H,29H2,(H2,24,28). The molecule has 5 aromatic rings. The number of nitrogen functional groups attached to an aromatic ring is 1. The van der Waals surface area contributed by atoms with E-state index in [9.17, 15) is 0 Å². The van der Waals surface area contributed by atoms with Crippen molar-refractivity contribution in [3.8, 4) is 22.4 Å². The van der Waals surface area contributed by atoms with E-state index in [2.05, 4.69) is 24.2 Å². The van der Waals surface area contributed by atoms with Gasteiger partial charge < -0.3 is 5.73 Å². The number of rotatable bonds is 2. The number of pyridine rings is 2. The molecule has 29 heavy (non-hydrogen) atoms. The first-order valence-electron chi connectivity index (χ1n) is 8.92. The molecule has 3 heterocycles. The highest BCUT2D eigenvalue weighted by molar-refractivity contribution is 7.27. The number of halogens is 1. The average molecular weight is 416 g/mol. The van der Waals surface area contributed by atoms with Gasteiger partial charge >= 0.3 is 0 Å². The molecule has 0 spiro atoms. The molecule has 2 N–H and O–H groups in total. The van der Waals surface area contributed by atoms with Gasteiger partial charge in [-0.15, -0.1) is 9.24 Å². The number of nitrogens with zero attached hydrogens (tertiary/aromatic N) is 4. The number of hydrogen-bond donors (Lipinski definition) is 1. The highest BCUT2D eigenvalue weighted by Gasteiger charge is 2.19. The smallest absolute Gasteiger partial charge is 0.152 e. The van der Waals surface area contributed by atoms with E-state index in [4.69, 9.17) is 22.3 Å². The Morgan fingerprint density at radius 2 is 1.52 bits per heavy atom. The molecule has 1 atom stereocenters. The lowest BCUT2D eigenvalue weighted by atomic mass is 9.96. The summed E-state index contributed by atoms with van der Waals surface area (Å²) in [5, 5.41) is 2.59. The zero-order chi connectivity index (χ0) is 20.0. The molecule has 0 saturated carbocycles. The Hall–Kier alpha value is -3.14. The van der Waals surface area contributed by atoms with Crippen LogP contribution in [0.4, 0.5) is 5.82 Å². The summed E-state index contributed by atoms with van der Waals surface area (Å²) in [7, 11) is 2.69. The molecule has 7 heteroatoms. The molecule has 2 aromatic carbocycles. The third kappa shape index (κ3) is 3.09. The van der Waals surface area contributed by atoms with Crippen molar-refractivity contribution in [1.29, 1.82) is 0 Å². The fourth-order valence-corrected chi connectivity index (χ4v) is 3.93. The number of fused-ring (bicyclic) bond motifs is 2. The lowest BCUT2D eigenvalue weighted by Crippen LogP contribution is -2.01. The van der Waals surface area contributed by atoms with Crippen molar-refractivity contribution in [2.75, 3.05) is 5.73 Å². The lowest BCUT2D eigenvalue weighted by molar-refractivity contribution is 1.25. The van der Waals surface area contributed by atoms with Crippen LogP contribution >= 0.6 is 20.8 Å². The molecular weight excluding hydrogens is 401 g/mol. The van der Waals surface area contributed by atoms with Gasteiger partial charge in [0.05, 0.1) is 16.2 Å². The third-order valence-electron chi connectivity index (χ3n) is 4.78. The van der Waals surface area contributed by atoms with Crippen molar-refractivity contribution in [2.24, 2.45) is 0 Å². The van der Waals surface area contributed by atoms with Crippen LogP contribution in [0.2, 0.25) is 5.02 Å². The summed E-state index contributed by atoms with van der Waals surface area (Å²) in [6.07, 6.45) is 5.00. The van der Waals surface area contributed by atoms with Crippen LogP contribution in [0.15, 0.2) is 67.1 Å². The fourth-order valence-electron chi connectivity index (χ4n) is 3.47. The van der Waals surface area contributed by atoms with E-state index in [0.717, 1.165) is 38.6 Å². The van der Waals surface area contributed by atoms with Crippen molar-refractivity contribution in [1.82, 2.24) is 19.9 Å². The Labute approximate surface area is 174 Å². The number of benzene rings is 2. The van der Waals surface area contributed by atoms with Crippen LogP contribution in [0, 0.1) is 0 Å². The largest absolute Gasteiger partial charge is 0.382 e. The zero-order valence-electron chi connectivity index (χ0n) is 15.2. The zero-order valence-corrected chi connectivity index (χ0v) is 17.1. The SMILES string of the molecule is Nc1nc(-c2ccc(P)cc2)c(-c2cc(Cl)c3ncccc3c2)c2nccnc12. The first-order chi connectivity index (χ1) is 14.1. The van der Waals surface area contributed by atoms with Crippen LogP contribution in [-0.2, 0) is 0 Å². The van der Waals surface area contributed by atoms with Gasteiger partial charge in [0.15, 0.2) is 5.82 Å². The van der Waals surface area contributed by atoms with Crippen molar-refractivity contribution in [2.45, 2.75) is 0 Å². The highest BCUT2D eigenvalue weighted by Crippen LogP contribution is 2.39.